The summed E-state index contributed by atoms with van der Waals surface area (Å²) >= 11 is 1.76. The Hall–Kier alpha value is -2.27. The van der Waals surface area contributed by atoms with Crippen molar-refractivity contribution in [3.63, 3.8) is 0 Å². The summed E-state index contributed by atoms with van der Waals surface area (Å²) in [6, 6.07) is 17.8. The highest BCUT2D eigenvalue weighted by atomic mass is 32.2. The van der Waals surface area contributed by atoms with Gasteiger partial charge < -0.3 is 0 Å². The van der Waals surface area contributed by atoms with Crippen LogP contribution in [-0.4, -0.2) is 18.5 Å². The first-order chi connectivity index (χ1) is 10.7. The lowest BCUT2D eigenvalue weighted by Gasteiger charge is -2.26. The second kappa shape index (κ2) is 6.66. The molecule has 0 aliphatic carbocycles. The molecule has 0 saturated carbocycles. The fourth-order valence-corrected chi connectivity index (χ4v) is 3.13. The van der Waals surface area contributed by atoms with Crippen molar-refractivity contribution in [2.45, 2.75) is 17.1 Å². The van der Waals surface area contributed by atoms with Gasteiger partial charge in [-0.1, -0.05) is 30.3 Å². The molecule has 22 heavy (non-hydrogen) atoms. The van der Waals surface area contributed by atoms with Crippen LogP contribution in [0, 0.1) is 0 Å². The number of carbonyl (C=O) groups is 2. The van der Waals surface area contributed by atoms with Crippen LogP contribution in [0.1, 0.15) is 12.0 Å². The van der Waals surface area contributed by atoms with E-state index < -0.39 is 0 Å². The Bertz CT molecular complexity index is 671. The van der Waals surface area contributed by atoms with Crippen LogP contribution >= 0.6 is 11.8 Å². The number of urea groups is 1. The maximum absolute atomic E-state index is 11.8. The Morgan fingerprint density at radius 2 is 1.73 bits per heavy atom. The van der Waals surface area contributed by atoms with E-state index in [1.807, 2.05) is 42.5 Å². The van der Waals surface area contributed by atoms with Crippen molar-refractivity contribution in [3.05, 3.63) is 60.2 Å². The topological polar surface area (TPSA) is 49.4 Å². The number of nitrogens with zero attached hydrogens (tertiary/aromatic N) is 1. The Balaban J connectivity index is 1.63. The summed E-state index contributed by atoms with van der Waals surface area (Å²) < 4.78 is 0. The van der Waals surface area contributed by atoms with E-state index in [1.54, 1.807) is 16.7 Å². The highest BCUT2D eigenvalue weighted by molar-refractivity contribution is 7.98. The molecule has 0 bridgehead atoms. The largest absolute Gasteiger partial charge is 0.328 e. The van der Waals surface area contributed by atoms with Crippen LogP contribution in [0.3, 0.4) is 0 Å². The maximum Gasteiger partial charge on any atom is 0.328 e. The molecular formula is C17H16N2O2S. The minimum Gasteiger partial charge on any atom is -0.294 e. The van der Waals surface area contributed by atoms with Gasteiger partial charge in [-0.25, -0.2) is 4.79 Å². The van der Waals surface area contributed by atoms with Crippen LogP contribution in [-0.2, 0) is 10.5 Å². The Morgan fingerprint density at radius 1 is 1.00 bits per heavy atom. The van der Waals surface area contributed by atoms with Gasteiger partial charge in [-0.2, -0.15) is 0 Å². The van der Waals surface area contributed by atoms with Gasteiger partial charge in [0, 0.05) is 29.3 Å². The Labute approximate surface area is 133 Å². The number of amides is 3. The lowest BCUT2D eigenvalue weighted by atomic mass is 10.2. The first-order valence-corrected chi connectivity index (χ1v) is 8.09. The van der Waals surface area contributed by atoms with E-state index >= 15 is 0 Å². The van der Waals surface area contributed by atoms with Gasteiger partial charge in [0.15, 0.2) is 0 Å². The quantitative estimate of drug-likeness (QED) is 0.880. The summed E-state index contributed by atoms with van der Waals surface area (Å²) in [7, 11) is 0. The summed E-state index contributed by atoms with van der Waals surface area (Å²) in [6.07, 6.45) is 0.344. The van der Waals surface area contributed by atoms with Gasteiger partial charge in [0.25, 0.3) is 0 Å². The number of hydrogen-bond acceptors (Lipinski definition) is 3. The number of thioether (sulfide) groups is 1. The standard InChI is InChI=1S/C17H16N2O2S/c20-16-10-11-19(17(21)18-16)14-6-8-15(9-7-14)22-12-13-4-2-1-3-5-13/h1-9H,10-12H2,(H,18,20,21). The summed E-state index contributed by atoms with van der Waals surface area (Å²) in [5.74, 6) is 0.704. The fourth-order valence-electron chi connectivity index (χ4n) is 2.27. The number of benzene rings is 2. The summed E-state index contributed by atoms with van der Waals surface area (Å²) in [5.41, 5.74) is 2.10. The second-order valence-electron chi connectivity index (χ2n) is 5.02. The van der Waals surface area contributed by atoms with Gasteiger partial charge >= 0.3 is 6.03 Å². The molecule has 4 nitrogen and oxygen atoms in total. The Kier molecular flexibility index (Phi) is 4.44. The monoisotopic (exact) mass is 312 g/mol. The average molecular weight is 312 g/mol. The summed E-state index contributed by atoms with van der Waals surface area (Å²) in [5, 5.41) is 2.33. The molecule has 1 fully saturated rings. The van der Waals surface area contributed by atoms with E-state index in [1.165, 1.54) is 5.56 Å². The normalized spacial score (nSPS) is 14.8. The smallest absolute Gasteiger partial charge is 0.294 e. The molecule has 0 atom stereocenters. The minimum absolute atomic E-state index is 0.212. The zero-order chi connectivity index (χ0) is 15.4. The predicted molar refractivity (Wildman–Crippen MR) is 87.9 cm³/mol. The molecule has 3 rings (SSSR count). The molecule has 3 amide bonds. The van der Waals surface area contributed by atoms with Gasteiger partial charge in [0.05, 0.1) is 0 Å². The van der Waals surface area contributed by atoms with Crippen molar-refractivity contribution < 1.29 is 9.59 Å². The molecular weight excluding hydrogens is 296 g/mol. The number of nitrogens with one attached hydrogen (secondary N) is 1. The van der Waals surface area contributed by atoms with E-state index in [-0.39, 0.29) is 11.9 Å². The molecule has 1 heterocycles. The van der Waals surface area contributed by atoms with E-state index in [0.717, 1.165) is 16.3 Å². The van der Waals surface area contributed by atoms with Crippen LogP contribution in [0.25, 0.3) is 0 Å². The van der Waals surface area contributed by atoms with Crippen molar-refractivity contribution in [3.8, 4) is 0 Å². The number of hydrogen-bond donors (Lipinski definition) is 1. The van der Waals surface area contributed by atoms with Crippen LogP contribution in [0.15, 0.2) is 59.5 Å². The van der Waals surface area contributed by atoms with E-state index in [9.17, 15) is 9.59 Å². The van der Waals surface area contributed by atoms with Crippen molar-refractivity contribution in [1.29, 1.82) is 0 Å². The van der Waals surface area contributed by atoms with Gasteiger partial charge in [-0.05, 0) is 29.8 Å². The molecule has 1 aliphatic rings. The molecule has 1 N–H and O–H groups in total. The third-order valence-corrected chi connectivity index (χ3v) is 4.53. The molecule has 0 radical (unpaired) electrons. The van der Waals surface area contributed by atoms with Gasteiger partial charge in [0.2, 0.25) is 5.91 Å². The first-order valence-electron chi connectivity index (χ1n) is 7.10. The third-order valence-electron chi connectivity index (χ3n) is 3.45. The number of carbonyl (C=O) groups excluding carboxylic acids is 2. The molecule has 5 heteroatoms. The zero-order valence-electron chi connectivity index (χ0n) is 12.0. The van der Waals surface area contributed by atoms with Crippen LogP contribution in [0.5, 0.6) is 0 Å². The van der Waals surface area contributed by atoms with Crippen molar-refractivity contribution >= 4 is 29.4 Å². The lowest BCUT2D eigenvalue weighted by Crippen LogP contribution is -2.49. The van der Waals surface area contributed by atoms with Gasteiger partial charge in [-0.3, -0.25) is 15.0 Å². The predicted octanol–water partition coefficient (Wildman–Crippen LogP) is 3.43. The van der Waals surface area contributed by atoms with E-state index in [4.69, 9.17) is 0 Å². The number of rotatable bonds is 4. The van der Waals surface area contributed by atoms with Gasteiger partial charge in [-0.15, -0.1) is 11.8 Å². The lowest BCUT2D eigenvalue weighted by molar-refractivity contribution is -0.120. The van der Waals surface area contributed by atoms with Crippen molar-refractivity contribution in [2.24, 2.45) is 0 Å². The molecule has 2 aromatic carbocycles. The fraction of sp³-hybridized carbons (Fsp3) is 0.176. The number of imide groups is 1. The van der Waals surface area contributed by atoms with E-state index in [0.29, 0.717) is 13.0 Å². The van der Waals surface area contributed by atoms with Crippen LogP contribution < -0.4 is 10.2 Å². The van der Waals surface area contributed by atoms with Crippen molar-refractivity contribution in [2.75, 3.05) is 11.4 Å². The first kappa shape index (κ1) is 14.7. The Morgan fingerprint density at radius 3 is 2.41 bits per heavy atom. The van der Waals surface area contributed by atoms with Crippen LogP contribution in [0.2, 0.25) is 0 Å². The highest BCUT2D eigenvalue weighted by Crippen LogP contribution is 2.26. The van der Waals surface area contributed by atoms with Gasteiger partial charge in [0.1, 0.15) is 0 Å². The van der Waals surface area contributed by atoms with Crippen molar-refractivity contribution in [1.82, 2.24) is 5.32 Å². The summed E-state index contributed by atoms with van der Waals surface area (Å²) in [4.78, 5) is 25.7. The SMILES string of the molecule is O=C1CCN(c2ccc(SCc3ccccc3)cc2)C(=O)N1. The highest BCUT2D eigenvalue weighted by Gasteiger charge is 2.23. The minimum atomic E-state index is -0.346. The molecule has 0 unspecified atom stereocenters. The molecule has 1 saturated heterocycles. The molecule has 112 valence electrons. The van der Waals surface area contributed by atoms with Crippen LogP contribution in [0.4, 0.5) is 10.5 Å². The molecule has 2 aromatic rings. The third kappa shape index (κ3) is 3.49. The molecule has 0 aromatic heterocycles. The zero-order valence-corrected chi connectivity index (χ0v) is 12.8. The molecule has 0 spiro atoms. The second-order valence-corrected chi connectivity index (χ2v) is 6.07. The average Bonchev–Trinajstić information content (AvgIpc) is 2.55. The van der Waals surface area contributed by atoms with E-state index in [2.05, 4.69) is 17.4 Å². The maximum atomic E-state index is 11.8. The summed E-state index contributed by atoms with van der Waals surface area (Å²) in [6.45, 7) is 0.432. The number of anilines is 1. The molecule has 1 aliphatic heterocycles.